The third-order valence-electron chi connectivity index (χ3n) is 2.40. The largest absolute Gasteiger partial charge is 0.497 e. The maximum absolute atomic E-state index is 11.4. The fourth-order valence-corrected chi connectivity index (χ4v) is 1.31. The van der Waals surface area contributed by atoms with Gasteiger partial charge in [0.05, 0.1) is 18.5 Å². The molecule has 1 N–H and O–H groups in total. The SMILES string of the molecule is CN=C(C)/C(=N/Nc1ccc(OC)cc1)C(C)=O. The normalized spacial score (nSPS) is 12.2. The van der Waals surface area contributed by atoms with Crippen LogP contribution in [0, 0.1) is 0 Å². The number of hydrogen-bond acceptors (Lipinski definition) is 5. The number of hydrazone groups is 1. The Bertz CT molecular complexity index is 476. The number of ether oxygens (including phenoxy) is 1. The zero-order valence-electron chi connectivity index (χ0n) is 11.0. The molecule has 0 bridgehead atoms. The molecule has 0 saturated carbocycles. The van der Waals surface area contributed by atoms with Crippen molar-refractivity contribution in [3.63, 3.8) is 0 Å². The van der Waals surface area contributed by atoms with Gasteiger partial charge in [0.25, 0.3) is 0 Å². The average molecular weight is 247 g/mol. The minimum atomic E-state index is -0.126. The Kier molecular flexibility index (Phi) is 5.05. The molecule has 0 aliphatic heterocycles. The van der Waals surface area contributed by atoms with Crippen LogP contribution in [0.25, 0.3) is 0 Å². The molecular weight excluding hydrogens is 230 g/mol. The maximum atomic E-state index is 11.4. The number of anilines is 1. The van der Waals surface area contributed by atoms with E-state index < -0.39 is 0 Å². The molecule has 0 heterocycles. The van der Waals surface area contributed by atoms with E-state index >= 15 is 0 Å². The van der Waals surface area contributed by atoms with Crippen LogP contribution >= 0.6 is 0 Å². The van der Waals surface area contributed by atoms with Gasteiger partial charge in [0, 0.05) is 14.0 Å². The number of carbonyl (C=O) groups is 1. The number of benzene rings is 1. The molecule has 1 rings (SSSR count). The number of nitrogens with one attached hydrogen (secondary N) is 1. The number of nitrogens with zero attached hydrogens (tertiary/aromatic N) is 2. The third kappa shape index (κ3) is 3.69. The fraction of sp³-hybridized carbons (Fsp3) is 0.308. The molecular formula is C13H17N3O2. The monoisotopic (exact) mass is 247 g/mol. The molecule has 0 aliphatic carbocycles. The predicted octanol–water partition coefficient (Wildman–Crippen LogP) is 2.14. The van der Waals surface area contributed by atoms with E-state index in [2.05, 4.69) is 15.5 Å². The first-order valence-corrected chi connectivity index (χ1v) is 5.51. The van der Waals surface area contributed by atoms with Crippen molar-refractivity contribution in [1.82, 2.24) is 0 Å². The fourth-order valence-electron chi connectivity index (χ4n) is 1.31. The van der Waals surface area contributed by atoms with E-state index in [0.29, 0.717) is 11.4 Å². The quantitative estimate of drug-likeness (QED) is 0.640. The first kappa shape index (κ1) is 13.9. The van der Waals surface area contributed by atoms with E-state index in [-0.39, 0.29) is 5.78 Å². The van der Waals surface area contributed by atoms with Crippen molar-refractivity contribution in [2.45, 2.75) is 13.8 Å². The maximum Gasteiger partial charge on any atom is 0.181 e. The summed E-state index contributed by atoms with van der Waals surface area (Å²) < 4.78 is 5.05. The summed E-state index contributed by atoms with van der Waals surface area (Å²) in [6.45, 7) is 3.21. The number of Topliss-reactive ketones (excluding diaryl/α,β-unsaturated/α-hetero) is 1. The lowest BCUT2D eigenvalue weighted by Gasteiger charge is -2.05. The molecule has 18 heavy (non-hydrogen) atoms. The standard InChI is InChI=1S/C13H17N3O2/c1-9(14-3)13(10(2)17)16-15-11-5-7-12(18-4)8-6-11/h5-8,15H,1-4H3/b14-9?,16-13-. The molecule has 0 atom stereocenters. The van der Waals surface area contributed by atoms with Gasteiger partial charge in [0.2, 0.25) is 0 Å². The van der Waals surface area contributed by atoms with Gasteiger partial charge in [0.1, 0.15) is 11.5 Å². The molecule has 1 aromatic carbocycles. The van der Waals surface area contributed by atoms with E-state index in [0.717, 1.165) is 11.4 Å². The number of methoxy groups -OCH3 is 1. The molecule has 5 nitrogen and oxygen atoms in total. The van der Waals surface area contributed by atoms with Gasteiger partial charge in [-0.2, -0.15) is 5.10 Å². The summed E-state index contributed by atoms with van der Waals surface area (Å²) >= 11 is 0. The highest BCUT2D eigenvalue weighted by atomic mass is 16.5. The minimum absolute atomic E-state index is 0.126. The van der Waals surface area contributed by atoms with Gasteiger partial charge in [0.15, 0.2) is 5.78 Å². The van der Waals surface area contributed by atoms with E-state index in [1.807, 2.05) is 24.3 Å². The van der Waals surface area contributed by atoms with Crippen molar-refractivity contribution >= 4 is 22.9 Å². The summed E-state index contributed by atoms with van der Waals surface area (Å²) in [5.41, 5.74) is 4.53. The zero-order chi connectivity index (χ0) is 13.5. The van der Waals surface area contributed by atoms with Crippen LogP contribution in [0.4, 0.5) is 5.69 Å². The van der Waals surface area contributed by atoms with Crippen molar-refractivity contribution in [3.05, 3.63) is 24.3 Å². The van der Waals surface area contributed by atoms with Crippen LogP contribution in [0.1, 0.15) is 13.8 Å². The van der Waals surface area contributed by atoms with Crippen molar-refractivity contribution in [1.29, 1.82) is 0 Å². The van der Waals surface area contributed by atoms with Gasteiger partial charge in [-0.1, -0.05) is 0 Å². The molecule has 1 aromatic rings. The molecule has 5 heteroatoms. The average Bonchev–Trinajstić information content (AvgIpc) is 2.39. The van der Waals surface area contributed by atoms with Crippen LogP contribution in [-0.2, 0) is 4.79 Å². The van der Waals surface area contributed by atoms with E-state index in [4.69, 9.17) is 4.74 Å². The number of hydrogen-bond donors (Lipinski definition) is 1. The predicted molar refractivity (Wildman–Crippen MR) is 73.8 cm³/mol. The van der Waals surface area contributed by atoms with Gasteiger partial charge in [-0.3, -0.25) is 15.2 Å². The highest BCUT2D eigenvalue weighted by Crippen LogP contribution is 2.14. The minimum Gasteiger partial charge on any atom is -0.497 e. The molecule has 0 aliphatic rings. The van der Waals surface area contributed by atoms with Gasteiger partial charge in [-0.15, -0.1) is 0 Å². The van der Waals surface area contributed by atoms with Crippen molar-refractivity contribution < 1.29 is 9.53 Å². The third-order valence-corrected chi connectivity index (χ3v) is 2.40. The second-order valence-corrected chi connectivity index (χ2v) is 3.67. The second-order valence-electron chi connectivity index (χ2n) is 3.67. The van der Waals surface area contributed by atoms with Gasteiger partial charge >= 0.3 is 0 Å². The molecule has 0 aromatic heterocycles. The van der Waals surface area contributed by atoms with Crippen LogP contribution in [0.3, 0.4) is 0 Å². The Hall–Kier alpha value is -2.17. The summed E-state index contributed by atoms with van der Waals surface area (Å²) in [4.78, 5) is 15.3. The van der Waals surface area contributed by atoms with Crippen LogP contribution in [0.2, 0.25) is 0 Å². The molecule has 96 valence electrons. The first-order valence-electron chi connectivity index (χ1n) is 5.51. The lowest BCUT2D eigenvalue weighted by atomic mass is 10.2. The molecule has 0 unspecified atom stereocenters. The van der Waals surface area contributed by atoms with E-state index in [1.54, 1.807) is 21.1 Å². The highest BCUT2D eigenvalue weighted by molar-refractivity contribution is 6.66. The Balaban J connectivity index is 2.85. The zero-order valence-corrected chi connectivity index (χ0v) is 11.0. The summed E-state index contributed by atoms with van der Waals surface area (Å²) in [6, 6.07) is 7.26. The molecule has 0 spiro atoms. The highest BCUT2D eigenvalue weighted by Gasteiger charge is 2.09. The smallest absolute Gasteiger partial charge is 0.181 e. The molecule has 0 fully saturated rings. The Labute approximate surface area is 107 Å². The van der Waals surface area contributed by atoms with Crippen molar-refractivity contribution in [2.24, 2.45) is 10.1 Å². The van der Waals surface area contributed by atoms with Gasteiger partial charge < -0.3 is 4.74 Å². The summed E-state index contributed by atoms with van der Waals surface area (Å²) in [5, 5.41) is 4.07. The van der Waals surface area contributed by atoms with E-state index in [9.17, 15) is 4.79 Å². The summed E-state index contributed by atoms with van der Waals surface area (Å²) in [5.74, 6) is 0.640. The van der Waals surface area contributed by atoms with Crippen LogP contribution in [-0.4, -0.2) is 31.4 Å². The Morgan fingerprint density at radius 3 is 2.28 bits per heavy atom. The van der Waals surface area contributed by atoms with Crippen LogP contribution in [0.5, 0.6) is 5.75 Å². The van der Waals surface area contributed by atoms with E-state index in [1.165, 1.54) is 6.92 Å². The number of aliphatic imine (C=N–C) groups is 1. The Morgan fingerprint density at radius 1 is 1.22 bits per heavy atom. The molecule has 0 radical (unpaired) electrons. The van der Waals surface area contributed by atoms with Crippen molar-refractivity contribution in [3.8, 4) is 5.75 Å². The van der Waals surface area contributed by atoms with Crippen LogP contribution < -0.4 is 10.2 Å². The number of carbonyl (C=O) groups excluding carboxylic acids is 1. The van der Waals surface area contributed by atoms with Crippen molar-refractivity contribution in [2.75, 3.05) is 19.6 Å². The van der Waals surface area contributed by atoms with Gasteiger partial charge in [-0.25, -0.2) is 0 Å². The molecule has 0 saturated heterocycles. The lowest BCUT2D eigenvalue weighted by Crippen LogP contribution is -2.20. The Morgan fingerprint density at radius 2 is 1.83 bits per heavy atom. The molecule has 0 amide bonds. The van der Waals surface area contributed by atoms with Crippen LogP contribution in [0.15, 0.2) is 34.4 Å². The second kappa shape index (κ2) is 6.54. The lowest BCUT2D eigenvalue weighted by molar-refractivity contribution is -0.110. The number of ketones is 1. The van der Waals surface area contributed by atoms with Gasteiger partial charge in [-0.05, 0) is 31.2 Å². The first-order chi connectivity index (χ1) is 8.58. The summed E-state index contributed by atoms with van der Waals surface area (Å²) in [7, 11) is 3.23. The topological polar surface area (TPSA) is 63.1 Å². The summed E-state index contributed by atoms with van der Waals surface area (Å²) in [6.07, 6.45) is 0. The number of rotatable bonds is 5.